The molecule has 3 aromatic rings. The van der Waals surface area contributed by atoms with Crippen LogP contribution >= 0.6 is 11.6 Å². The van der Waals surface area contributed by atoms with Gasteiger partial charge in [0.15, 0.2) is 5.75 Å². The van der Waals surface area contributed by atoms with Crippen molar-refractivity contribution in [2.75, 3.05) is 0 Å². The van der Waals surface area contributed by atoms with Gasteiger partial charge in [-0.15, -0.1) is 4.83 Å². The van der Waals surface area contributed by atoms with E-state index in [0.29, 0.717) is 0 Å². The van der Waals surface area contributed by atoms with Crippen molar-refractivity contribution in [1.82, 2.24) is 10.3 Å². The normalized spacial score (nSPS) is 11.5. The quantitative estimate of drug-likeness (QED) is 0.224. The van der Waals surface area contributed by atoms with E-state index in [2.05, 4.69) is 0 Å². The maximum Gasteiger partial charge on any atom is 0.339 e. The highest BCUT2D eigenvalue weighted by Crippen LogP contribution is 2.27. The summed E-state index contributed by atoms with van der Waals surface area (Å²) in [5.74, 6) is -1.68. The average Bonchev–Trinajstić information content (AvgIpc) is 2.83. The maximum absolute atomic E-state index is 12.6. The minimum Gasteiger partial charge on any atom is -0.378 e. The first-order chi connectivity index (χ1) is 16.8. The molecule has 0 saturated heterocycles. The minimum atomic E-state index is -4.56. The number of nitrogens with one attached hydrogen (secondary N) is 2. The second kappa shape index (κ2) is 10.2. The van der Waals surface area contributed by atoms with Crippen LogP contribution in [-0.4, -0.2) is 32.6 Å². The molecule has 0 saturated carbocycles. The van der Waals surface area contributed by atoms with Gasteiger partial charge in [0.1, 0.15) is 4.90 Å². The van der Waals surface area contributed by atoms with Crippen LogP contribution in [0.4, 0.5) is 11.4 Å². The zero-order valence-corrected chi connectivity index (χ0v) is 19.9. The summed E-state index contributed by atoms with van der Waals surface area (Å²) in [5.41, 5.74) is 0.682. The molecule has 2 N–H and O–H groups in total. The lowest BCUT2D eigenvalue weighted by Gasteiger charge is -2.13. The Kier molecular flexibility index (Phi) is 7.54. The number of rotatable bonds is 9. The number of sulfonamides is 1. The van der Waals surface area contributed by atoms with Gasteiger partial charge in [0.25, 0.3) is 27.3 Å². The number of hydrogen-bond donors (Lipinski definition) is 2. The summed E-state index contributed by atoms with van der Waals surface area (Å²) in [4.78, 5) is 33.6. The van der Waals surface area contributed by atoms with Crippen molar-refractivity contribution in [1.29, 1.82) is 0 Å². The van der Waals surface area contributed by atoms with E-state index < -0.39 is 57.0 Å². The zero-order valence-electron chi connectivity index (χ0n) is 17.5. The molecule has 188 valence electrons. The van der Waals surface area contributed by atoms with E-state index in [0.717, 1.165) is 60.7 Å². The third kappa shape index (κ3) is 6.11. The molecule has 3 aromatic carbocycles. The molecule has 17 heteroatoms. The summed E-state index contributed by atoms with van der Waals surface area (Å²) >= 11 is 5.88. The first kappa shape index (κ1) is 26.5. The predicted octanol–water partition coefficient (Wildman–Crippen LogP) is 2.55. The number of carbonyl (C=O) groups is 1. The first-order valence-electron chi connectivity index (χ1n) is 9.35. The van der Waals surface area contributed by atoms with Crippen molar-refractivity contribution >= 4 is 49.0 Å². The summed E-state index contributed by atoms with van der Waals surface area (Å²) in [6.45, 7) is 0. The van der Waals surface area contributed by atoms with Crippen molar-refractivity contribution in [2.45, 2.75) is 9.79 Å². The Bertz CT molecular complexity index is 1560. The fourth-order valence-corrected chi connectivity index (χ4v) is 4.60. The lowest BCUT2D eigenvalue weighted by atomic mass is 10.2. The van der Waals surface area contributed by atoms with Crippen LogP contribution in [0.1, 0.15) is 10.4 Å². The predicted molar refractivity (Wildman–Crippen MR) is 123 cm³/mol. The van der Waals surface area contributed by atoms with Crippen molar-refractivity contribution in [3.8, 4) is 5.75 Å². The summed E-state index contributed by atoms with van der Waals surface area (Å²) < 4.78 is 55.0. The lowest BCUT2D eigenvalue weighted by Crippen LogP contribution is -2.41. The summed E-state index contributed by atoms with van der Waals surface area (Å²) in [6.07, 6.45) is 0. The number of benzene rings is 3. The number of nitro benzene ring substituents is 2. The van der Waals surface area contributed by atoms with Gasteiger partial charge >= 0.3 is 10.1 Å². The molecule has 0 heterocycles. The van der Waals surface area contributed by atoms with Gasteiger partial charge < -0.3 is 4.18 Å². The topological polar surface area (TPSA) is 205 Å². The number of non-ortho nitro benzene ring substituents is 2. The molecule has 0 unspecified atom stereocenters. The van der Waals surface area contributed by atoms with E-state index in [1.54, 1.807) is 4.83 Å². The Hall–Kier alpha value is -4.12. The standard InChI is InChI=1S/C19H13ClN4O10S2/c20-12-1-10-18(34-36(32,33)16-8-4-14(5-9-16)24(28)29)17(11-12)19(25)21-22-35(30,31)15-6-2-13(3-7-15)23(26)27/h1-11,22H,(H,21,25). The van der Waals surface area contributed by atoms with Crippen LogP contribution in [0.2, 0.25) is 5.02 Å². The largest absolute Gasteiger partial charge is 0.378 e. The Balaban J connectivity index is 1.81. The van der Waals surface area contributed by atoms with Crippen LogP contribution < -0.4 is 14.4 Å². The number of nitro groups is 2. The molecule has 36 heavy (non-hydrogen) atoms. The number of halogens is 1. The third-order valence-electron chi connectivity index (χ3n) is 4.38. The Labute approximate surface area is 207 Å². The van der Waals surface area contributed by atoms with Crippen molar-refractivity contribution in [3.63, 3.8) is 0 Å². The Morgan fingerprint density at radius 3 is 1.81 bits per heavy atom. The number of carbonyl (C=O) groups excluding carboxylic acids is 1. The van der Waals surface area contributed by atoms with E-state index in [4.69, 9.17) is 15.8 Å². The van der Waals surface area contributed by atoms with E-state index in [9.17, 15) is 41.9 Å². The monoisotopic (exact) mass is 556 g/mol. The number of nitrogens with zero attached hydrogens (tertiary/aromatic N) is 2. The number of hydrogen-bond acceptors (Lipinski definition) is 10. The molecular formula is C19H13ClN4O10S2. The fraction of sp³-hybridized carbons (Fsp3) is 0. The zero-order chi connectivity index (χ0) is 26.7. The van der Waals surface area contributed by atoms with Crippen LogP contribution in [0.3, 0.4) is 0 Å². The molecule has 0 radical (unpaired) electrons. The first-order valence-corrected chi connectivity index (χ1v) is 12.6. The Morgan fingerprint density at radius 2 is 1.31 bits per heavy atom. The minimum absolute atomic E-state index is 0.0153. The highest BCUT2D eigenvalue weighted by molar-refractivity contribution is 7.89. The molecule has 0 spiro atoms. The van der Waals surface area contributed by atoms with Crippen molar-refractivity contribution < 1.29 is 35.7 Å². The van der Waals surface area contributed by atoms with Crippen molar-refractivity contribution in [2.24, 2.45) is 0 Å². The molecule has 0 aliphatic heterocycles. The fourth-order valence-electron chi connectivity index (χ4n) is 2.64. The molecule has 0 atom stereocenters. The molecule has 3 rings (SSSR count). The van der Waals surface area contributed by atoms with E-state index in [1.165, 1.54) is 6.07 Å². The molecule has 0 fully saturated rings. The van der Waals surface area contributed by atoms with E-state index >= 15 is 0 Å². The molecular weight excluding hydrogens is 544 g/mol. The molecule has 0 bridgehead atoms. The van der Waals surface area contributed by atoms with Gasteiger partial charge in [-0.05, 0) is 42.5 Å². The highest BCUT2D eigenvalue weighted by Gasteiger charge is 2.24. The van der Waals surface area contributed by atoms with Crippen LogP contribution in [0, 0.1) is 20.2 Å². The second-order valence-corrected chi connectivity index (χ2v) is 10.4. The smallest absolute Gasteiger partial charge is 0.339 e. The van der Waals surface area contributed by atoms with Crippen molar-refractivity contribution in [3.05, 3.63) is 97.5 Å². The van der Waals surface area contributed by atoms with Gasteiger partial charge in [0.2, 0.25) is 0 Å². The SMILES string of the molecule is O=C(NNS(=O)(=O)c1ccc([N+](=O)[O-])cc1)c1cc(Cl)ccc1OS(=O)(=O)c1ccc([N+](=O)[O-])cc1. The van der Waals surface area contributed by atoms with Crippen LogP contribution in [-0.2, 0) is 20.1 Å². The summed E-state index contributed by atoms with van der Waals surface area (Å²) in [5, 5.41) is 21.5. The second-order valence-electron chi connectivity index (χ2n) is 6.74. The Morgan fingerprint density at radius 1 is 0.806 bits per heavy atom. The van der Waals surface area contributed by atoms with Crippen LogP contribution in [0.15, 0.2) is 76.5 Å². The average molecular weight is 557 g/mol. The lowest BCUT2D eigenvalue weighted by molar-refractivity contribution is -0.385. The van der Waals surface area contributed by atoms with E-state index in [-0.39, 0.29) is 16.4 Å². The summed E-state index contributed by atoms with van der Waals surface area (Å²) in [7, 11) is -8.93. The molecule has 0 aromatic heterocycles. The van der Waals surface area contributed by atoms with E-state index in [1.807, 2.05) is 5.43 Å². The van der Waals surface area contributed by atoms with Gasteiger partial charge in [-0.3, -0.25) is 30.4 Å². The van der Waals surface area contributed by atoms with Crippen LogP contribution in [0.5, 0.6) is 5.75 Å². The molecule has 0 aliphatic carbocycles. The van der Waals surface area contributed by atoms with Crippen LogP contribution in [0.25, 0.3) is 0 Å². The molecule has 0 aliphatic rings. The molecule has 14 nitrogen and oxygen atoms in total. The number of amides is 1. The van der Waals surface area contributed by atoms with Gasteiger partial charge in [0.05, 0.1) is 20.3 Å². The highest BCUT2D eigenvalue weighted by atomic mass is 35.5. The third-order valence-corrected chi connectivity index (χ3v) is 7.13. The van der Waals surface area contributed by atoms with Gasteiger partial charge in [-0.2, -0.15) is 8.42 Å². The van der Waals surface area contributed by atoms with Gasteiger partial charge in [-0.25, -0.2) is 8.42 Å². The van der Waals surface area contributed by atoms with Gasteiger partial charge in [-0.1, -0.05) is 11.6 Å². The summed E-state index contributed by atoms with van der Waals surface area (Å²) in [6, 6.07) is 10.8. The molecule has 1 amide bonds. The van der Waals surface area contributed by atoms with Gasteiger partial charge in [0, 0.05) is 29.3 Å². The number of hydrazine groups is 1. The maximum atomic E-state index is 12.6.